The second-order valence-corrected chi connectivity index (χ2v) is 18.1. The number of hydrogen-bond donors (Lipinski definition) is 8. The number of hydrogen-bond acceptors (Lipinski definition) is 11. The van der Waals surface area contributed by atoms with Gasteiger partial charge in [0, 0.05) is 22.7 Å². The number of nitrogens with one attached hydrogen (secondary N) is 8. The minimum absolute atomic E-state index is 0. The van der Waals surface area contributed by atoms with Crippen LogP contribution in [0.15, 0.2) is 0 Å². The van der Waals surface area contributed by atoms with Crippen molar-refractivity contribution in [3.63, 3.8) is 0 Å². The fourth-order valence-corrected chi connectivity index (χ4v) is 13.0. The smallest absolute Gasteiger partial charge is 0.264 e. The van der Waals surface area contributed by atoms with Crippen molar-refractivity contribution in [3.05, 3.63) is 0 Å². The van der Waals surface area contributed by atoms with Gasteiger partial charge in [0.1, 0.15) is 0 Å². The van der Waals surface area contributed by atoms with Gasteiger partial charge in [-0.3, -0.25) is 46.7 Å². The SMILES string of the molecule is CS(=O)(=O)OC1CCCC2C3NC4NC(NC5NC(NC6NC(NC(N3)C12)C1CCCCC61)C1CCCCC51)C1CCCCC41.[Co]. The quantitative estimate of drug-likeness (QED) is 0.199. The Bertz CT molecular complexity index is 1200. The van der Waals surface area contributed by atoms with E-state index in [0.29, 0.717) is 59.9 Å². The predicted octanol–water partition coefficient (Wildman–Crippen LogP) is 1.56. The second-order valence-electron chi connectivity index (χ2n) is 16.5. The molecular weight excluding hydrogens is 647 g/mol. The summed E-state index contributed by atoms with van der Waals surface area (Å²) >= 11 is 0. The molecule has 0 aromatic heterocycles. The molecule has 17 unspecified atom stereocenters. The third-order valence-corrected chi connectivity index (χ3v) is 14.7. The summed E-state index contributed by atoms with van der Waals surface area (Å²) in [6.07, 6.45) is 21.2. The molecule has 4 aliphatic carbocycles. The molecular formula is C33H58CoN8O3S. The molecule has 13 heteroatoms. The van der Waals surface area contributed by atoms with Gasteiger partial charge in [-0.2, -0.15) is 8.42 Å². The van der Waals surface area contributed by atoms with Crippen molar-refractivity contribution in [1.82, 2.24) is 42.5 Å². The van der Waals surface area contributed by atoms with Gasteiger partial charge in [0.15, 0.2) is 0 Å². The van der Waals surface area contributed by atoms with Crippen molar-refractivity contribution in [2.24, 2.45) is 47.3 Å². The molecule has 9 fully saturated rings. The van der Waals surface area contributed by atoms with Gasteiger partial charge >= 0.3 is 0 Å². The monoisotopic (exact) mass is 705 g/mol. The maximum atomic E-state index is 12.5. The Morgan fingerprint density at radius 2 is 0.696 bits per heavy atom. The zero-order valence-corrected chi connectivity index (χ0v) is 29.2. The van der Waals surface area contributed by atoms with E-state index in [9.17, 15) is 8.42 Å². The normalized spacial score (nSPS) is 53.4. The molecule has 263 valence electrons. The van der Waals surface area contributed by atoms with Gasteiger partial charge in [0.25, 0.3) is 10.1 Å². The van der Waals surface area contributed by atoms with Gasteiger partial charge in [-0.1, -0.05) is 44.9 Å². The van der Waals surface area contributed by atoms with Crippen LogP contribution in [0.3, 0.4) is 0 Å². The maximum Gasteiger partial charge on any atom is 0.264 e. The van der Waals surface area contributed by atoms with Crippen molar-refractivity contribution in [2.75, 3.05) is 6.26 Å². The van der Waals surface area contributed by atoms with Gasteiger partial charge in [-0.05, 0) is 92.8 Å². The first-order chi connectivity index (χ1) is 21.9. The van der Waals surface area contributed by atoms with Gasteiger partial charge in [-0.15, -0.1) is 0 Å². The van der Waals surface area contributed by atoms with Gasteiger partial charge < -0.3 is 0 Å². The molecule has 46 heavy (non-hydrogen) atoms. The van der Waals surface area contributed by atoms with Crippen LogP contribution in [0, 0.1) is 47.3 Å². The predicted molar refractivity (Wildman–Crippen MR) is 172 cm³/mol. The van der Waals surface area contributed by atoms with E-state index < -0.39 is 10.1 Å². The molecule has 8 bridgehead atoms. The molecule has 0 spiro atoms. The van der Waals surface area contributed by atoms with E-state index >= 15 is 0 Å². The largest absolute Gasteiger partial charge is 0.286 e. The average molecular weight is 706 g/mol. The molecule has 0 aromatic carbocycles. The summed E-state index contributed by atoms with van der Waals surface area (Å²) in [5.74, 6) is 4.14. The van der Waals surface area contributed by atoms with Crippen molar-refractivity contribution in [2.45, 2.75) is 152 Å². The van der Waals surface area contributed by atoms with Crippen LogP contribution >= 0.6 is 0 Å². The van der Waals surface area contributed by atoms with Crippen LogP contribution in [-0.2, 0) is 31.1 Å². The van der Waals surface area contributed by atoms with E-state index in [-0.39, 0.29) is 59.6 Å². The topological polar surface area (TPSA) is 140 Å². The molecule has 4 saturated carbocycles. The standard InChI is InChI=1S/C33H58N8O3S.Co/c1-45(42,43)44-24-16-8-15-23-25(24)33-40-31-22-14-7-6-13-21(22)29(38-31)36-27-18-10-3-2-9-17(18)26(34-27)35-28-19-11-4-5-12-20(19)30(37-28)39-32(23)41-33;/h17-41H,2-16H2,1H3;. The van der Waals surface area contributed by atoms with Crippen LogP contribution in [0.1, 0.15) is 96.3 Å². The zero-order chi connectivity index (χ0) is 30.3. The molecule has 0 amide bonds. The molecule has 5 heterocycles. The second kappa shape index (κ2) is 13.3. The summed E-state index contributed by atoms with van der Waals surface area (Å²) in [6.45, 7) is 0. The molecule has 5 aliphatic heterocycles. The summed E-state index contributed by atoms with van der Waals surface area (Å²) in [4.78, 5) is 0. The number of rotatable bonds is 2. The van der Waals surface area contributed by atoms with E-state index in [1.165, 1.54) is 83.3 Å². The third-order valence-electron chi connectivity index (χ3n) is 14.1. The Morgan fingerprint density at radius 1 is 0.413 bits per heavy atom. The minimum Gasteiger partial charge on any atom is -0.286 e. The van der Waals surface area contributed by atoms with E-state index in [2.05, 4.69) is 42.5 Å². The summed E-state index contributed by atoms with van der Waals surface area (Å²) in [6, 6.07) is 0. The van der Waals surface area contributed by atoms with Crippen LogP contribution in [0.2, 0.25) is 0 Å². The fourth-order valence-electron chi connectivity index (χ4n) is 12.3. The Hall–Kier alpha value is 0.0965. The van der Waals surface area contributed by atoms with Gasteiger partial charge in [0.2, 0.25) is 0 Å². The van der Waals surface area contributed by atoms with E-state index in [4.69, 9.17) is 4.18 Å². The molecule has 0 aromatic rings. The molecule has 17 atom stereocenters. The average Bonchev–Trinajstić information content (AvgIpc) is 3.76. The summed E-state index contributed by atoms with van der Waals surface area (Å²) in [5.41, 5.74) is 0. The van der Waals surface area contributed by atoms with Crippen molar-refractivity contribution in [1.29, 1.82) is 0 Å². The Kier molecular flexibility index (Phi) is 9.64. The molecule has 11 nitrogen and oxygen atoms in total. The van der Waals surface area contributed by atoms with Gasteiger partial charge in [0.05, 0.1) is 61.7 Å². The summed E-state index contributed by atoms with van der Waals surface area (Å²) in [5, 5.41) is 33.0. The van der Waals surface area contributed by atoms with E-state index in [0.717, 1.165) is 19.3 Å². The first kappa shape index (κ1) is 33.3. The first-order valence-electron chi connectivity index (χ1n) is 18.9. The number of fused-ring (bicyclic) bond motifs is 20. The molecule has 1 radical (unpaired) electrons. The molecule has 9 aliphatic rings. The van der Waals surface area contributed by atoms with Crippen molar-refractivity contribution < 1.29 is 29.4 Å². The molecule has 5 saturated heterocycles. The van der Waals surface area contributed by atoms with E-state index in [1.54, 1.807) is 0 Å². The maximum absolute atomic E-state index is 12.5. The Morgan fingerprint density at radius 3 is 1.02 bits per heavy atom. The van der Waals surface area contributed by atoms with Crippen LogP contribution < -0.4 is 42.5 Å². The Labute approximate surface area is 286 Å². The van der Waals surface area contributed by atoms with Crippen molar-refractivity contribution >= 4 is 10.1 Å². The summed E-state index contributed by atoms with van der Waals surface area (Å²) < 4.78 is 30.8. The van der Waals surface area contributed by atoms with Crippen LogP contribution in [0.4, 0.5) is 0 Å². The van der Waals surface area contributed by atoms with Crippen LogP contribution in [0.5, 0.6) is 0 Å². The third kappa shape index (κ3) is 6.08. The van der Waals surface area contributed by atoms with Crippen LogP contribution in [0.25, 0.3) is 0 Å². The van der Waals surface area contributed by atoms with Crippen molar-refractivity contribution in [3.8, 4) is 0 Å². The first-order valence-corrected chi connectivity index (χ1v) is 20.7. The molecule has 8 N–H and O–H groups in total. The zero-order valence-electron chi connectivity index (χ0n) is 27.4. The fraction of sp³-hybridized carbons (Fsp3) is 1.00. The van der Waals surface area contributed by atoms with Crippen LogP contribution in [-0.4, -0.2) is 70.1 Å². The Balaban J connectivity index is 0.00000312. The minimum atomic E-state index is -3.55. The van der Waals surface area contributed by atoms with E-state index in [1.807, 2.05) is 0 Å². The van der Waals surface area contributed by atoms with Gasteiger partial charge in [-0.25, -0.2) is 0 Å². The summed E-state index contributed by atoms with van der Waals surface area (Å²) in [7, 11) is -3.55. The molecule has 9 rings (SSSR count).